The highest BCUT2D eigenvalue weighted by Gasteiger charge is 2.38. The van der Waals surface area contributed by atoms with Crippen LogP contribution in [0, 0.1) is 11.7 Å². The van der Waals surface area contributed by atoms with Gasteiger partial charge in [0.25, 0.3) is 0 Å². The molecule has 1 aromatic rings. The Labute approximate surface area is 115 Å². The number of nitrogens with zero attached hydrogens (tertiary/aromatic N) is 1. The molecule has 0 aliphatic carbocycles. The number of nitrogens with one attached hydrogen (secondary N) is 1. The van der Waals surface area contributed by atoms with E-state index in [1.807, 2.05) is 13.8 Å². The van der Waals surface area contributed by atoms with E-state index in [1.165, 1.54) is 23.1 Å². The van der Waals surface area contributed by atoms with Crippen molar-refractivity contribution in [2.75, 3.05) is 11.4 Å². The molecule has 2 amide bonds. The molecular formula is C13H14ClFN2O2. The zero-order chi connectivity index (χ0) is 14.2. The van der Waals surface area contributed by atoms with Gasteiger partial charge in [-0.1, -0.05) is 25.4 Å². The fraction of sp³-hybridized carbons (Fsp3) is 0.385. The Morgan fingerprint density at radius 3 is 2.74 bits per heavy atom. The van der Waals surface area contributed by atoms with Crippen LogP contribution in [0.25, 0.3) is 0 Å². The van der Waals surface area contributed by atoms with Crippen LogP contribution in [0.4, 0.5) is 10.1 Å². The second-order valence-corrected chi connectivity index (χ2v) is 5.17. The normalized spacial score (nSPS) is 19.8. The molecule has 19 heavy (non-hydrogen) atoms. The molecule has 1 unspecified atom stereocenters. The van der Waals surface area contributed by atoms with Crippen molar-refractivity contribution in [1.29, 1.82) is 0 Å². The summed E-state index contributed by atoms with van der Waals surface area (Å²) in [6, 6.07) is 3.09. The summed E-state index contributed by atoms with van der Waals surface area (Å²) < 4.78 is 13.4. The molecule has 0 bridgehead atoms. The van der Waals surface area contributed by atoms with Crippen LogP contribution in [0.2, 0.25) is 5.02 Å². The molecule has 1 N–H and O–H groups in total. The fourth-order valence-electron chi connectivity index (χ4n) is 2.18. The Balaban J connectivity index is 2.51. The number of hydrogen-bond donors (Lipinski definition) is 1. The molecule has 102 valence electrons. The smallest absolute Gasteiger partial charge is 0.247 e. The zero-order valence-corrected chi connectivity index (χ0v) is 11.4. The van der Waals surface area contributed by atoms with Crippen LogP contribution in [0.5, 0.6) is 0 Å². The van der Waals surface area contributed by atoms with Gasteiger partial charge in [-0.25, -0.2) is 4.39 Å². The predicted molar refractivity (Wildman–Crippen MR) is 70.5 cm³/mol. The number of rotatable bonds is 2. The van der Waals surface area contributed by atoms with Gasteiger partial charge in [-0.15, -0.1) is 0 Å². The highest BCUT2D eigenvalue weighted by molar-refractivity contribution is 6.34. The third kappa shape index (κ3) is 2.56. The molecule has 0 aromatic heterocycles. The van der Waals surface area contributed by atoms with Crippen LogP contribution in [0.15, 0.2) is 18.2 Å². The lowest BCUT2D eigenvalue weighted by atomic mass is 9.98. The molecule has 0 spiro atoms. The van der Waals surface area contributed by atoms with Gasteiger partial charge < -0.3 is 5.32 Å². The number of halogens is 2. The lowest BCUT2D eigenvalue weighted by Crippen LogP contribution is -2.60. The Morgan fingerprint density at radius 2 is 2.11 bits per heavy atom. The van der Waals surface area contributed by atoms with E-state index >= 15 is 0 Å². The van der Waals surface area contributed by atoms with Gasteiger partial charge in [0.05, 0.1) is 17.3 Å². The lowest BCUT2D eigenvalue weighted by molar-refractivity contribution is -0.131. The van der Waals surface area contributed by atoms with E-state index in [-0.39, 0.29) is 35.0 Å². The van der Waals surface area contributed by atoms with Gasteiger partial charge >= 0.3 is 0 Å². The second-order valence-electron chi connectivity index (χ2n) is 4.77. The minimum absolute atomic E-state index is 0.102. The van der Waals surface area contributed by atoms with Crippen molar-refractivity contribution in [1.82, 2.24) is 5.32 Å². The fourth-order valence-corrected chi connectivity index (χ4v) is 2.39. The molecule has 1 fully saturated rings. The first kappa shape index (κ1) is 13.8. The highest BCUT2D eigenvalue weighted by Crippen LogP contribution is 2.31. The van der Waals surface area contributed by atoms with Crippen molar-refractivity contribution in [2.45, 2.75) is 19.9 Å². The van der Waals surface area contributed by atoms with Crippen LogP contribution >= 0.6 is 11.6 Å². The number of hydrogen-bond acceptors (Lipinski definition) is 2. The van der Waals surface area contributed by atoms with E-state index in [2.05, 4.69) is 5.32 Å². The molecule has 6 heteroatoms. The van der Waals surface area contributed by atoms with Gasteiger partial charge in [-0.2, -0.15) is 0 Å². The molecule has 1 aliphatic heterocycles. The molecular weight excluding hydrogens is 271 g/mol. The van der Waals surface area contributed by atoms with Gasteiger partial charge in [-0.3, -0.25) is 14.5 Å². The first-order valence-corrected chi connectivity index (χ1v) is 6.34. The topological polar surface area (TPSA) is 49.4 Å². The van der Waals surface area contributed by atoms with Gasteiger partial charge in [-0.05, 0) is 24.1 Å². The van der Waals surface area contributed by atoms with E-state index in [9.17, 15) is 14.0 Å². The summed E-state index contributed by atoms with van der Waals surface area (Å²) in [5, 5.41) is 2.78. The standard InChI is InChI=1S/C13H14ClFN2O2/c1-7(2)12-13(19)16-6-11(18)17(12)10-5-8(15)3-4-9(10)14/h3-5,7,12H,6H2,1-2H3,(H,16,19). The first-order chi connectivity index (χ1) is 8.91. The number of anilines is 1. The maximum Gasteiger partial charge on any atom is 0.247 e. The maximum atomic E-state index is 13.4. The quantitative estimate of drug-likeness (QED) is 0.903. The van der Waals surface area contributed by atoms with Crippen LogP contribution < -0.4 is 10.2 Å². The van der Waals surface area contributed by atoms with Crippen molar-refractivity contribution < 1.29 is 14.0 Å². The summed E-state index contributed by atoms with van der Waals surface area (Å²) in [4.78, 5) is 25.3. The number of carbonyl (C=O) groups is 2. The summed E-state index contributed by atoms with van der Waals surface area (Å²) >= 11 is 6.02. The summed E-state index contributed by atoms with van der Waals surface area (Å²) in [6.45, 7) is 3.54. The van der Waals surface area contributed by atoms with Gasteiger partial charge in [0.1, 0.15) is 11.9 Å². The van der Waals surface area contributed by atoms with Crippen molar-refractivity contribution in [3.63, 3.8) is 0 Å². The molecule has 2 rings (SSSR count). The Bertz CT molecular complexity index is 533. The van der Waals surface area contributed by atoms with Crippen LogP contribution in [0.3, 0.4) is 0 Å². The Hall–Kier alpha value is -1.62. The van der Waals surface area contributed by atoms with E-state index in [0.29, 0.717) is 0 Å². The summed E-state index contributed by atoms with van der Waals surface area (Å²) in [5.74, 6) is -1.16. The monoisotopic (exact) mass is 284 g/mol. The number of piperazine rings is 1. The SMILES string of the molecule is CC(C)C1C(=O)NCC(=O)N1c1cc(F)ccc1Cl. The second kappa shape index (κ2) is 5.17. The highest BCUT2D eigenvalue weighted by atomic mass is 35.5. The third-order valence-electron chi connectivity index (χ3n) is 3.03. The average molecular weight is 285 g/mol. The minimum Gasteiger partial charge on any atom is -0.345 e. The molecule has 1 atom stereocenters. The minimum atomic E-state index is -0.680. The number of amides is 2. The van der Waals surface area contributed by atoms with E-state index in [1.54, 1.807) is 0 Å². The molecule has 1 aromatic carbocycles. The molecule has 1 heterocycles. The third-order valence-corrected chi connectivity index (χ3v) is 3.35. The summed E-state index contributed by atoms with van der Waals surface area (Å²) in [7, 11) is 0. The largest absolute Gasteiger partial charge is 0.345 e. The average Bonchev–Trinajstić information content (AvgIpc) is 2.34. The van der Waals surface area contributed by atoms with Crippen molar-refractivity contribution in [2.24, 2.45) is 5.92 Å². The predicted octanol–water partition coefficient (Wildman–Crippen LogP) is 1.97. The van der Waals surface area contributed by atoms with Crippen molar-refractivity contribution >= 4 is 29.1 Å². The van der Waals surface area contributed by atoms with Crippen LogP contribution in [0.1, 0.15) is 13.8 Å². The van der Waals surface area contributed by atoms with Gasteiger partial charge in [0.2, 0.25) is 11.8 Å². The molecule has 0 radical (unpaired) electrons. The molecule has 4 nitrogen and oxygen atoms in total. The van der Waals surface area contributed by atoms with E-state index in [0.717, 1.165) is 0 Å². The Morgan fingerprint density at radius 1 is 1.42 bits per heavy atom. The maximum absolute atomic E-state index is 13.4. The molecule has 0 saturated carbocycles. The molecule has 1 saturated heterocycles. The van der Waals surface area contributed by atoms with E-state index < -0.39 is 11.9 Å². The molecule has 1 aliphatic rings. The van der Waals surface area contributed by atoms with Gasteiger partial charge in [0, 0.05) is 0 Å². The van der Waals surface area contributed by atoms with E-state index in [4.69, 9.17) is 11.6 Å². The first-order valence-electron chi connectivity index (χ1n) is 5.96. The number of benzene rings is 1. The van der Waals surface area contributed by atoms with Crippen LogP contribution in [-0.4, -0.2) is 24.4 Å². The number of carbonyl (C=O) groups excluding carboxylic acids is 2. The van der Waals surface area contributed by atoms with Crippen molar-refractivity contribution in [3.8, 4) is 0 Å². The lowest BCUT2D eigenvalue weighted by Gasteiger charge is -2.37. The van der Waals surface area contributed by atoms with Crippen LogP contribution in [-0.2, 0) is 9.59 Å². The van der Waals surface area contributed by atoms with Crippen molar-refractivity contribution in [3.05, 3.63) is 29.0 Å². The Kier molecular flexibility index (Phi) is 3.75. The van der Waals surface area contributed by atoms with Gasteiger partial charge in [0.15, 0.2) is 0 Å². The summed E-state index contributed by atoms with van der Waals surface area (Å²) in [6.07, 6.45) is 0. The zero-order valence-electron chi connectivity index (χ0n) is 10.6. The summed E-state index contributed by atoms with van der Waals surface area (Å²) in [5.41, 5.74) is 0.236.